The van der Waals surface area contributed by atoms with Crippen molar-refractivity contribution >= 4 is 10.9 Å². The number of aromatic amines is 1. The molecule has 0 aliphatic heterocycles. The molecule has 0 unspecified atom stereocenters. The molecular formula is C25H23F3N2. The summed E-state index contributed by atoms with van der Waals surface area (Å²) in [5.41, 5.74) is 10.5. The van der Waals surface area contributed by atoms with Crippen molar-refractivity contribution in [1.82, 2.24) is 4.98 Å². The summed E-state index contributed by atoms with van der Waals surface area (Å²) in [6.45, 7) is 0.594. The number of H-pyrrole nitrogens is 1. The van der Waals surface area contributed by atoms with E-state index in [1.807, 2.05) is 30.3 Å². The number of halogens is 3. The smallest absolute Gasteiger partial charge is 0.354 e. The van der Waals surface area contributed by atoms with Gasteiger partial charge in [-0.2, -0.15) is 13.2 Å². The fourth-order valence-electron chi connectivity index (χ4n) is 3.86. The van der Waals surface area contributed by atoms with Crippen molar-refractivity contribution in [2.75, 3.05) is 6.54 Å². The van der Waals surface area contributed by atoms with Gasteiger partial charge in [-0.05, 0) is 72.3 Å². The van der Waals surface area contributed by atoms with Gasteiger partial charge in [0, 0.05) is 16.6 Å². The normalized spacial score (nSPS) is 11.9. The topological polar surface area (TPSA) is 41.8 Å². The van der Waals surface area contributed by atoms with E-state index in [1.165, 1.54) is 12.1 Å². The second kappa shape index (κ2) is 8.36. The Bertz CT molecular complexity index is 1140. The Morgan fingerprint density at radius 3 is 2.27 bits per heavy atom. The number of nitrogens with two attached hydrogens (primary N) is 1. The highest BCUT2D eigenvalue weighted by molar-refractivity contribution is 5.93. The molecule has 0 aliphatic carbocycles. The molecule has 0 fully saturated rings. The Kier molecular flexibility index (Phi) is 5.64. The van der Waals surface area contributed by atoms with Crippen LogP contribution in [0.1, 0.15) is 24.0 Å². The average Bonchev–Trinajstić information content (AvgIpc) is 3.12. The van der Waals surface area contributed by atoms with Gasteiger partial charge in [-0.1, -0.05) is 48.5 Å². The number of fused-ring (bicyclic) bond motifs is 1. The summed E-state index contributed by atoms with van der Waals surface area (Å²) in [4.78, 5) is 3.37. The summed E-state index contributed by atoms with van der Waals surface area (Å²) in [7, 11) is 0. The molecule has 1 aromatic heterocycles. The van der Waals surface area contributed by atoms with Crippen LogP contribution in [0.5, 0.6) is 0 Å². The van der Waals surface area contributed by atoms with Crippen LogP contribution in [-0.4, -0.2) is 11.5 Å². The number of alkyl halides is 3. The zero-order valence-corrected chi connectivity index (χ0v) is 16.5. The molecule has 0 atom stereocenters. The van der Waals surface area contributed by atoms with Gasteiger partial charge >= 0.3 is 6.18 Å². The minimum Gasteiger partial charge on any atom is -0.354 e. The van der Waals surface area contributed by atoms with Gasteiger partial charge in [0.2, 0.25) is 0 Å². The van der Waals surface area contributed by atoms with Crippen LogP contribution in [0.2, 0.25) is 0 Å². The zero-order valence-electron chi connectivity index (χ0n) is 16.5. The Hall–Kier alpha value is -3.05. The van der Waals surface area contributed by atoms with Crippen LogP contribution < -0.4 is 5.73 Å². The Morgan fingerprint density at radius 2 is 1.53 bits per heavy atom. The van der Waals surface area contributed by atoms with Gasteiger partial charge in [0.15, 0.2) is 0 Å². The number of hydrogen-bond acceptors (Lipinski definition) is 1. The van der Waals surface area contributed by atoms with E-state index in [0.29, 0.717) is 12.1 Å². The summed E-state index contributed by atoms with van der Waals surface area (Å²) in [6.07, 6.45) is -1.87. The van der Waals surface area contributed by atoms with Gasteiger partial charge in [-0.3, -0.25) is 0 Å². The fraction of sp³-hybridized carbons (Fsp3) is 0.200. The monoisotopic (exact) mass is 408 g/mol. The first kappa shape index (κ1) is 20.2. The maximum absolute atomic E-state index is 13.3. The lowest BCUT2D eigenvalue weighted by molar-refractivity contribution is -0.137. The van der Waals surface area contributed by atoms with Gasteiger partial charge in [0.1, 0.15) is 0 Å². The highest BCUT2D eigenvalue weighted by Crippen LogP contribution is 2.37. The van der Waals surface area contributed by atoms with Crippen molar-refractivity contribution in [2.24, 2.45) is 5.73 Å². The second-order valence-corrected chi connectivity index (χ2v) is 7.43. The molecule has 5 heteroatoms. The van der Waals surface area contributed by atoms with E-state index in [2.05, 4.69) is 23.2 Å². The van der Waals surface area contributed by atoms with Crippen molar-refractivity contribution < 1.29 is 13.2 Å². The average molecular weight is 408 g/mol. The van der Waals surface area contributed by atoms with E-state index in [1.54, 1.807) is 6.07 Å². The first-order valence-electron chi connectivity index (χ1n) is 10.0. The maximum atomic E-state index is 13.3. The van der Waals surface area contributed by atoms with E-state index in [9.17, 15) is 13.2 Å². The standard InChI is InChI=1S/C25H23F3N2/c26-25(27,28)20-10-6-9-19(15-20)24-21(11-4-5-14-29)22-16-18(12-13-23(22)30-24)17-7-2-1-3-8-17/h1-3,6-10,12-13,15-16,30H,4-5,11,14,29H2. The van der Waals surface area contributed by atoms with Crippen molar-refractivity contribution in [2.45, 2.75) is 25.4 Å². The lowest BCUT2D eigenvalue weighted by Gasteiger charge is -2.10. The fourth-order valence-corrected chi connectivity index (χ4v) is 3.86. The second-order valence-electron chi connectivity index (χ2n) is 7.43. The lowest BCUT2D eigenvalue weighted by Crippen LogP contribution is -2.04. The van der Waals surface area contributed by atoms with Crippen LogP contribution in [0.25, 0.3) is 33.3 Å². The number of aryl methyl sites for hydroxylation is 1. The summed E-state index contributed by atoms with van der Waals surface area (Å²) in [6, 6.07) is 21.7. The quantitative estimate of drug-likeness (QED) is 0.338. The molecule has 0 aliphatic rings. The molecule has 0 amide bonds. The van der Waals surface area contributed by atoms with Gasteiger partial charge in [-0.25, -0.2) is 0 Å². The Balaban J connectivity index is 1.85. The van der Waals surface area contributed by atoms with Gasteiger partial charge in [0.05, 0.1) is 5.56 Å². The number of unbranched alkanes of at least 4 members (excludes halogenated alkanes) is 1. The highest BCUT2D eigenvalue weighted by Gasteiger charge is 2.30. The molecule has 3 aromatic carbocycles. The molecule has 0 spiro atoms. The molecule has 3 N–H and O–H groups in total. The van der Waals surface area contributed by atoms with Gasteiger partial charge in [0.25, 0.3) is 0 Å². The number of benzene rings is 3. The predicted molar refractivity (Wildman–Crippen MR) is 116 cm³/mol. The predicted octanol–water partition coefficient (Wildman–Crippen LogP) is 6.80. The molecule has 0 saturated heterocycles. The zero-order chi connectivity index (χ0) is 21.1. The van der Waals surface area contributed by atoms with Crippen LogP contribution in [0.4, 0.5) is 13.2 Å². The molecule has 0 bridgehead atoms. The largest absolute Gasteiger partial charge is 0.416 e. The van der Waals surface area contributed by atoms with E-state index < -0.39 is 11.7 Å². The third-order valence-electron chi connectivity index (χ3n) is 5.37. The van der Waals surface area contributed by atoms with Crippen LogP contribution in [0.15, 0.2) is 72.8 Å². The molecule has 30 heavy (non-hydrogen) atoms. The number of rotatable bonds is 6. The molecular weight excluding hydrogens is 385 g/mol. The van der Waals surface area contributed by atoms with Gasteiger partial charge < -0.3 is 10.7 Å². The molecule has 154 valence electrons. The van der Waals surface area contributed by atoms with E-state index in [4.69, 9.17) is 5.73 Å². The molecule has 2 nitrogen and oxygen atoms in total. The van der Waals surface area contributed by atoms with Crippen molar-refractivity contribution in [1.29, 1.82) is 0 Å². The van der Waals surface area contributed by atoms with E-state index in [-0.39, 0.29) is 0 Å². The summed E-state index contributed by atoms with van der Waals surface area (Å²) >= 11 is 0. The SMILES string of the molecule is NCCCCc1c(-c2cccc(C(F)(F)F)c2)[nH]c2ccc(-c3ccccc3)cc12. The van der Waals surface area contributed by atoms with Crippen LogP contribution in [0, 0.1) is 0 Å². The first-order chi connectivity index (χ1) is 14.5. The molecule has 0 saturated carbocycles. The summed E-state index contributed by atoms with van der Waals surface area (Å²) < 4.78 is 39.8. The summed E-state index contributed by atoms with van der Waals surface area (Å²) in [5, 5.41) is 1.04. The molecule has 4 rings (SSSR count). The number of nitrogens with one attached hydrogen (secondary N) is 1. The molecule has 1 heterocycles. The van der Waals surface area contributed by atoms with Gasteiger partial charge in [-0.15, -0.1) is 0 Å². The molecule has 0 radical (unpaired) electrons. The van der Waals surface area contributed by atoms with E-state index in [0.717, 1.165) is 58.6 Å². The lowest BCUT2D eigenvalue weighted by atomic mass is 9.97. The van der Waals surface area contributed by atoms with Crippen molar-refractivity contribution in [3.63, 3.8) is 0 Å². The first-order valence-corrected chi connectivity index (χ1v) is 10.0. The number of hydrogen-bond donors (Lipinski definition) is 2. The third kappa shape index (κ3) is 4.12. The van der Waals surface area contributed by atoms with Crippen molar-refractivity contribution in [3.05, 3.63) is 83.9 Å². The van der Waals surface area contributed by atoms with Crippen LogP contribution >= 0.6 is 0 Å². The Morgan fingerprint density at radius 1 is 0.767 bits per heavy atom. The van der Waals surface area contributed by atoms with Crippen molar-refractivity contribution in [3.8, 4) is 22.4 Å². The third-order valence-corrected chi connectivity index (χ3v) is 5.37. The van der Waals surface area contributed by atoms with E-state index >= 15 is 0 Å². The number of aromatic nitrogens is 1. The highest BCUT2D eigenvalue weighted by atomic mass is 19.4. The Labute approximate surface area is 173 Å². The minimum atomic E-state index is -4.37. The molecule has 4 aromatic rings. The summed E-state index contributed by atoms with van der Waals surface area (Å²) in [5.74, 6) is 0. The van der Waals surface area contributed by atoms with Crippen LogP contribution in [0.3, 0.4) is 0 Å². The minimum absolute atomic E-state index is 0.546. The van der Waals surface area contributed by atoms with Crippen LogP contribution in [-0.2, 0) is 12.6 Å². The maximum Gasteiger partial charge on any atom is 0.416 e.